The van der Waals surface area contributed by atoms with Crippen LogP contribution in [-0.2, 0) is 6.54 Å². The molecular weight excluding hydrogens is 367 g/mol. The zero-order valence-electron chi connectivity index (χ0n) is 14.4. The quantitative estimate of drug-likeness (QED) is 0.424. The van der Waals surface area contributed by atoms with E-state index in [1.54, 1.807) is 0 Å². The number of nitro groups is 1. The lowest BCUT2D eigenvalue weighted by molar-refractivity contribution is -0.383. The molecule has 0 atom stereocenters. The number of nitrogens with one attached hydrogen (secondary N) is 3. The largest absolute Gasteiger partial charge is 0.360 e. The Morgan fingerprint density at radius 3 is 2.43 bits per heavy atom. The SMILES string of the molecule is O=C(NNc1ncnc(NCc2ccccc2)c1[N+](=O)[O-])c1ccccc1F. The first kappa shape index (κ1) is 18.7. The molecule has 0 unspecified atom stereocenters. The number of benzene rings is 2. The van der Waals surface area contributed by atoms with Crippen molar-refractivity contribution in [3.63, 3.8) is 0 Å². The Labute approximate surface area is 158 Å². The highest BCUT2D eigenvalue weighted by molar-refractivity contribution is 5.95. The maximum atomic E-state index is 13.7. The standard InChI is InChI=1S/C18H15FN6O3/c19-14-9-5-4-8-13(14)18(26)24-23-17-15(25(27)28)16(21-11-22-17)20-10-12-6-2-1-3-7-12/h1-9,11H,10H2,(H,24,26)(H2,20,21,22,23). The summed E-state index contributed by atoms with van der Waals surface area (Å²) in [4.78, 5) is 30.6. The maximum absolute atomic E-state index is 13.7. The number of aromatic nitrogens is 2. The van der Waals surface area contributed by atoms with Gasteiger partial charge in [0, 0.05) is 6.54 Å². The van der Waals surface area contributed by atoms with E-state index in [2.05, 4.69) is 26.1 Å². The smallest absolute Gasteiger partial charge is 0.354 e. The number of carbonyl (C=O) groups is 1. The van der Waals surface area contributed by atoms with Gasteiger partial charge in [0.15, 0.2) is 0 Å². The van der Waals surface area contributed by atoms with Gasteiger partial charge in [-0.15, -0.1) is 0 Å². The highest BCUT2D eigenvalue weighted by atomic mass is 19.1. The molecule has 1 amide bonds. The molecule has 3 aromatic rings. The minimum atomic E-state index is -0.801. The fourth-order valence-electron chi connectivity index (χ4n) is 2.38. The van der Waals surface area contributed by atoms with Gasteiger partial charge in [-0.1, -0.05) is 42.5 Å². The number of anilines is 2. The summed E-state index contributed by atoms with van der Waals surface area (Å²) in [5.74, 6) is -1.78. The summed E-state index contributed by atoms with van der Waals surface area (Å²) in [5, 5.41) is 14.4. The fourth-order valence-corrected chi connectivity index (χ4v) is 2.38. The molecule has 0 fully saturated rings. The van der Waals surface area contributed by atoms with E-state index in [9.17, 15) is 19.3 Å². The van der Waals surface area contributed by atoms with Crippen LogP contribution < -0.4 is 16.2 Å². The predicted molar refractivity (Wildman–Crippen MR) is 99.9 cm³/mol. The first-order valence-electron chi connectivity index (χ1n) is 8.14. The third kappa shape index (κ3) is 4.36. The first-order valence-corrected chi connectivity index (χ1v) is 8.14. The predicted octanol–water partition coefficient (Wildman–Crippen LogP) is 2.89. The van der Waals surface area contributed by atoms with E-state index in [-0.39, 0.29) is 17.2 Å². The Morgan fingerprint density at radius 2 is 1.71 bits per heavy atom. The number of rotatable bonds is 7. The zero-order valence-corrected chi connectivity index (χ0v) is 14.4. The Hall–Kier alpha value is -4.08. The van der Waals surface area contributed by atoms with Crippen molar-refractivity contribution in [2.75, 3.05) is 10.7 Å². The average molecular weight is 382 g/mol. The van der Waals surface area contributed by atoms with Crippen LogP contribution in [0.25, 0.3) is 0 Å². The van der Waals surface area contributed by atoms with E-state index in [1.165, 1.54) is 18.2 Å². The summed E-state index contributed by atoms with van der Waals surface area (Å²) in [7, 11) is 0. The highest BCUT2D eigenvalue weighted by Gasteiger charge is 2.23. The van der Waals surface area contributed by atoms with Crippen molar-refractivity contribution in [2.45, 2.75) is 6.54 Å². The molecule has 0 bridgehead atoms. The van der Waals surface area contributed by atoms with E-state index in [0.29, 0.717) is 6.54 Å². The van der Waals surface area contributed by atoms with Crippen molar-refractivity contribution in [3.05, 3.63) is 88.0 Å². The average Bonchev–Trinajstić information content (AvgIpc) is 2.71. The van der Waals surface area contributed by atoms with E-state index < -0.39 is 22.3 Å². The van der Waals surface area contributed by atoms with E-state index in [1.807, 2.05) is 30.3 Å². The van der Waals surface area contributed by atoms with Gasteiger partial charge in [0.2, 0.25) is 11.6 Å². The van der Waals surface area contributed by atoms with Gasteiger partial charge in [0.1, 0.15) is 12.1 Å². The minimum absolute atomic E-state index is 0.0218. The van der Waals surface area contributed by atoms with Crippen LogP contribution in [0.5, 0.6) is 0 Å². The lowest BCUT2D eigenvalue weighted by Crippen LogP contribution is -2.31. The van der Waals surface area contributed by atoms with Crippen LogP contribution in [0.2, 0.25) is 0 Å². The number of hydrogen-bond acceptors (Lipinski definition) is 7. The summed E-state index contributed by atoms with van der Waals surface area (Å²) in [6, 6.07) is 14.6. The Morgan fingerprint density at radius 1 is 1.04 bits per heavy atom. The number of carbonyl (C=O) groups excluding carboxylic acids is 1. The molecule has 142 valence electrons. The summed E-state index contributed by atoms with van der Waals surface area (Å²) in [5.41, 5.74) is 4.80. The molecule has 0 saturated carbocycles. The van der Waals surface area contributed by atoms with Gasteiger partial charge in [0.25, 0.3) is 5.91 Å². The third-order valence-corrected chi connectivity index (χ3v) is 3.72. The van der Waals surface area contributed by atoms with E-state index in [0.717, 1.165) is 18.0 Å². The second kappa shape index (κ2) is 8.54. The molecule has 3 rings (SSSR count). The van der Waals surface area contributed by atoms with Crippen molar-refractivity contribution in [2.24, 2.45) is 0 Å². The summed E-state index contributed by atoms with van der Waals surface area (Å²) < 4.78 is 13.7. The first-order chi connectivity index (χ1) is 13.6. The number of nitrogens with zero attached hydrogens (tertiary/aromatic N) is 3. The van der Waals surface area contributed by atoms with Crippen LogP contribution in [0.4, 0.5) is 21.7 Å². The van der Waals surface area contributed by atoms with Crippen LogP contribution in [0.3, 0.4) is 0 Å². The van der Waals surface area contributed by atoms with Crippen LogP contribution in [0.1, 0.15) is 15.9 Å². The van der Waals surface area contributed by atoms with Crippen molar-refractivity contribution in [3.8, 4) is 0 Å². The maximum Gasteiger partial charge on any atom is 0.354 e. The molecule has 0 aliphatic carbocycles. The molecule has 0 saturated heterocycles. The number of halogens is 1. The Balaban J connectivity index is 1.76. The third-order valence-electron chi connectivity index (χ3n) is 3.72. The lowest BCUT2D eigenvalue weighted by Gasteiger charge is -2.11. The fraction of sp³-hybridized carbons (Fsp3) is 0.0556. The second-order valence-corrected chi connectivity index (χ2v) is 5.57. The van der Waals surface area contributed by atoms with Crippen molar-refractivity contribution < 1.29 is 14.1 Å². The molecule has 3 N–H and O–H groups in total. The zero-order chi connectivity index (χ0) is 19.9. The minimum Gasteiger partial charge on any atom is -0.360 e. The molecule has 28 heavy (non-hydrogen) atoms. The monoisotopic (exact) mass is 382 g/mol. The van der Waals surface area contributed by atoms with Gasteiger partial charge < -0.3 is 5.32 Å². The van der Waals surface area contributed by atoms with Crippen LogP contribution in [0, 0.1) is 15.9 Å². The molecule has 1 aromatic heterocycles. The van der Waals surface area contributed by atoms with Crippen LogP contribution in [0.15, 0.2) is 60.9 Å². The Kier molecular flexibility index (Phi) is 5.70. The van der Waals surface area contributed by atoms with Crippen LogP contribution in [-0.4, -0.2) is 20.8 Å². The molecule has 9 nitrogen and oxygen atoms in total. The van der Waals surface area contributed by atoms with Gasteiger partial charge in [-0.25, -0.2) is 14.4 Å². The summed E-state index contributed by atoms with van der Waals surface area (Å²) in [6.45, 7) is 0.305. The molecule has 0 spiro atoms. The van der Waals surface area contributed by atoms with Crippen molar-refractivity contribution in [1.29, 1.82) is 0 Å². The van der Waals surface area contributed by atoms with Crippen molar-refractivity contribution >= 4 is 23.2 Å². The molecule has 0 aliphatic rings. The van der Waals surface area contributed by atoms with E-state index in [4.69, 9.17) is 0 Å². The van der Waals surface area contributed by atoms with Gasteiger partial charge >= 0.3 is 5.69 Å². The lowest BCUT2D eigenvalue weighted by atomic mass is 10.2. The molecule has 10 heteroatoms. The molecule has 0 radical (unpaired) electrons. The molecular formula is C18H15FN6O3. The number of hydrogen-bond donors (Lipinski definition) is 3. The van der Waals surface area contributed by atoms with Gasteiger partial charge in [-0.05, 0) is 17.7 Å². The van der Waals surface area contributed by atoms with E-state index >= 15 is 0 Å². The Bertz CT molecular complexity index is 1000. The molecule has 1 heterocycles. The van der Waals surface area contributed by atoms with Gasteiger partial charge in [0.05, 0.1) is 10.5 Å². The van der Waals surface area contributed by atoms with Gasteiger partial charge in [-0.2, -0.15) is 0 Å². The van der Waals surface area contributed by atoms with Gasteiger partial charge in [-0.3, -0.25) is 25.8 Å². The number of amides is 1. The van der Waals surface area contributed by atoms with Crippen molar-refractivity contribution in [1.82, 2.24) is 15.4 Å². The second-order valence-electron chi connectivity index (χ2n) is 5.57. The normalized spacial score (nSPS) is 10.2. The molecule has 0 aliphatic heterocycles. The number of hydrazine groups is 1. The summed E-state index contributed by atoms with van der Waals surface area (Å²) >= 11 is 0. The summed E-state index contributed by atoms with van der Waals surface area (Å²) in [6.07, 6.45) is 1.11. The topological polar surface area (TPSA) is 122 Å². The van der Waals surface area contributed by atoms with Crippen LogP contribution >= 0.6 is 0 Å². The highest BCUT2D eigenvalue weighted by Crippen LogP contribution is 2.28. The molecule has 2 aromatic carbocycles.